The molecule has 0 radical (unpaired) electrons. The molecule has 13 heteroatoms. The molecule has 0 amide bonds. The van der Waals surface area contributed by atoms with Crippen LogP contribution in [-0.2, 0) is 30.7 Å². The highest BCUT2D eigenvalue weighted by atomic mass is 79.9. The van der Waals surface area contributed by atoms with E-state index in [9.17, 15) is 18.0 Å². The van der Waals surface area contributed by atoms with Crippen LogP contribution in [0.5, 0.6) is 11.5 Å². The molecule has 2 aromatic heterocycles. The number of ether oxygens (including phenoxy) is 1. The number of rotatable bonds is 6. The normalized spacial score (nSPS) is 11.9. The molecule has 9 nitrogen and oxygen atoms in total. The van der Waals surface area contributed by atoms with E-state index < -0.39 is 21.3 Å². The Hall–Kier alpha value is -2.70. The van der Waals surface area contributed by atoms with Crippen molar-refractivity contribution in [3.63, 3.8) is 0 Å². The topological polar surface area (TPSA) is 104 Å². The molecule has 0 atom stereocenters. The first-order valence-electron chi connectivity index (χ1n) is 10.3. The fraction of sp³-hybridized carbons (Fsp3) is 0.174. The van der Waals surface area contributed by atoms with Gasteiger partial charge in [-0.25, -0.2) is 18.2 Å². The summed E-state index contributed by atoms with van der Waals surface area (Å²) in [6.45, 7) is -0.0530. The third kappa shape index (κ3) is 5.07. The van der Waals surface area contributed by atoms with Crippen molar-refractivity contribution in [2.45, 2.75) is 11.4 Å². The van der Waals surface area contributed by atoms with E-state index in [0.29, 0.717) is 27.1 Å². The Kier molecular flexibility index (Phi) is 7.31. The summed E-state index contributed by atoms with van der Waals surface area (Å²) in [6.07, 6.45) is 1.13. The Bertz CT molecular complexity index is 1720. The maximum atomic E-state index is 13.4. The van der Waals surface area contributed by atoms with Crippen molar-refractivity contribution in [2.24, 2.45) is 14.1 Å². The molecule has 0 unspecified atom stereocenters. The van der Waals surface area contributed by atoms with Gasteiger partial charge in [0.25, 0.3) is 5.56 Å². The first-order chi connectivity index (χ1) is 16.9. The van der Waals surface area contributed by atoms with Crippen molar-refractivity contribution in [1.82, 2.24) is 18.4 Å². The van der Waals surface area contributed by atoms with Gasteiger partial charge in [-0.1, -0.05) is 45.2 Å². The predicted molar refractivity (Wildman–Crippen MR) is 142 cm³/mol. The largest absolute Gasteiger partial charge is 0.457 e. The second-order valence-electron chi connectivity index (χ2n) is 7.97. The number of hydrogen-bond acceptors (Lipinski definition) is 6. The standard InChI is InChI=1S/C23H19BrCl2N4O5S/c1-28(12-13-4-5-14(24)6-20(13)35-17-8-15(25)7-16(26)9-17)36(33,34)18-10-19-21(27-11-18)29(2)23(32)30(3)22(19)31/h4-11H,12H2,1-3H3. The third-order valence-corrected chi connectivity index (χ3v) is 8.16. The van der Waals surface area contributed by atoms with Gasteiger partial charge in [0.2, 0.25) is 10.0 Å². The van der Waals surface area contributed by atoms with Crippen LogP contribution in [0.4, 0.5) is 0 Å². The van der Waals surface area contributed by atoms with Gasteiger partial charge in [0, 0.05) is 54.0 Å². The van der Waals surface area contributed by atoms with E-state index in [1.807, 2.05) is 0 Å². The summed E-state index contributed by atoms with van der Waals surface area (Å²) in [5, 5.41) is 0.793. The van der Waals surface area contributed by atoms with Crippen LogP contribution in [0.25, 0.3) is 11.0 Å². The zero-order valence-corrected chi connectivity index (χ0v) is 23.1. The van der Waals surface area contributed by atoms with Gasteiger partial charge in [0.05, 0.1) is 5.39 Å². The summed E-state index contributed by atoms with van der Waals surface area (Å²) in [5.41, 5.74) is -0.540. The lowest BCUT2D eigenvalue weighted by Gasteiger charge is -2.20. The first kappa shape index (κ1) is 26.4. The van der Waals surface area contributed by atoms with Crippen LogP contribution < -0.4 is 16.0 Å². The molecule has 0 aliphatic carbocycles. The van der Waals surface area contributed by atoms with Crippen molar-refractivity contribution in [3.05, 3.63) is 89.6 Å². The zero-order valence-electron chi connectivity index (χ0n) is 19.2. The van der Waals surface area contributed by atoms with Crippen LogP contribution in [0.15, 0.2) is 67.6 Å². The lowest BCUT2D eigenvalue weighted by Crippen LogP contribution is -2.37. The van der Waals surface area contributed by atoms with Gasteiger partial charge in [0.15, 0.2) is 0 Å². The zero-order chi connectivity index (χ0) is 26.4. The van der Waals surface area contributed by atoms with Gasteiger partial charge in [-0.15, -0.1) is 0 Å². The summed E-state index contributed by atoms with van der Waals surface area (Å²) in [5.74, 6) is 0.780. The van der Waals surface area contributed by atoms with E-state index in [0.717, 1.165) is 19.5 Å². The summed E-state index contributed by atoms with van der Waals surface area (Å²) in [7, 11) is 0.112. The van der Waals surface area contributed by atoms with Crippen molar-refractivity contribution < 1.29 is 13.2 Å². The van der Waals surface area contributed by atoms with Gasteiger partial charge in [-0.2, -0.15) is 4.31 Å². The van der Waals surface area contributed by atoms with E-state index in [1.165, 1.54) is 31.8 Å². The number of aromatic nitrogens is 3. The molecule has 188 valence electrons. The summed E-state index contributed by atoms with van der Waals surface area (Å²) in [4.78, 5) is 28.7. The number of aryl methyl sites for hydroxylation is 1. The number of benzene rings is 2. The molecule has 36 heavy (non-hydrogen) atoms. The van der Waals surface area contributed by atoms with E-state index in [4.69, 9.17) is 27.9 Å². The van der Waals surface area contributed by atoms with Gasteiger partial charge < -0.3 is 4.74 Å². The maximum Gasteiger partial charge on any atom is 0.332 e. The van der Waals surface area contributed by atoms with E-state index in [-0.39, 0.29) is 22.5 Å². The van der Waals surface area contributed by atoms with Crippen LogP contribution in [0.2, 0.25) is 10.0 Å². The highest BCUT2D eigenvalue weighted by Gasteiger charge is 2.24. The SMILES string of the molecule is CN(Cc1ccc(Br)cc1Oc1cc(Cl)cc(Cl)c1)S(=O)(=O)c1cnc2c(c1)c(=O)n(C)c(=O)n2C. The molecule has 0 fully saturated rings. The predicted octanol–water partition coefficient (Wildman–Crippen LogP) is 4.31. The molecule has 4 rings (SSSR count). The smallest absolute Gasteiger partial charge is 0.332 e. The number of nitrogens with zero attached hydrogens (tertiary/aromatic N) is 4. The quantitative estimate of drug-likeness (QED) is 0.321. The number of fused-ring (bicyclic) bond motifs is 1. The number of sulfonamides is 1. The molecule has 0 saturated heterocycles. The second kappa shape index (κ2) is 9.98. The fourth-order valence-corrected chi connectivity index (χ4v) is 5.53. The molecular weight excluding hydrogens is 595 g/mol. The van der Waals surface area contributed by atoms with Crippen molar-refractivity contribution in [2.75, 3.05) is 7.05 Å². The molecular formula is C23H19BrCl2N4O5S. The fourth-order valence-electron chi connectivity index (χ4n) is 3.56. The average molecular weight is 614 g/mol. The molecule has 0 saturated carbocycles. The molecule has 0 aliphatic heterocycles. The molecule has 0 bridgehead atoms. The molecule has 0 aliphatic rings. The van der Waals surface area contributed by atoms with Crippen LogP contribution in [-0.4, -0.2) is 33.9 Å². The second-order valence-corrected chi connectivity index (χ2v) is 11.8. The molecule has 0 spiro atoms. The highest BCUT2D eigenvalue weighted by Crippen LogP contribution is 2.33. The maximum absolute atomic E-state index is 13.4. The monoisotopic (exact) mass is 612 g/mol. The summed E-state index contributed by atoms with van der Waals surface area (Å²) in [6, 6.07) is 11.2. The van der Waals surface area contributed by atoms with E-state index >= 15 is 0 Å². The Balaban J connectivity index is 1.70. The van der Waals surface area contributed by atoms with E-state index in [2.05, 4.69) is 20.9 Å². The van der Waals surface area contributed by atoms with Crippen molar-refractivity contribution in [3.8, 4) is 11.5 Å². The van der Waals surface area contributed by atoms with Gasteiger partial charge in [-0.3, -0.25) is 13.9 Å². The van der Waals surface area contributed by atoms with Crippen LogP contribution in [0.3, 0.4) is 0 Å². The lowest BCUT2D eigenvalue weighted by molar-refractivity contribution is 0.440. The van der Waals surface area contributed by atoms with Crippen LogP contribution in [0, 0.1) is 0 Å². The number of hydrogen-bond donors (Lipinski definition) is 0. The van der Waals surface area contributed by atoms with Gasteiger partial charge in [0.1, 0.15) is 22.0 Å². The van der Waals surface area contributed by atoms with Crippen LogP contribution >= 0.6 is 39.1 Å². The number of pyridine rings is 1. The first-order valence-corrected chi connectivity index (χ1v) is 13.3. The van der Waals surface area contributed by atoms with Gasteiger partial charge in [-0.05, 0) is 36.4 Å². The average Bonchev–Trinajstić information content (AvgIpc) is 2.82. The molecule has 4 aromatic rings. The number of halogens is 3. The van der Waals surface area contributed by atoms with Crippen molar-refractivity contribution in [1.29, 1.82) is 0 Å². The molecule has 0 N–H and O–H groups in total. The minimum absolute atomic E-state index is 0.0135. The van der Waals surface area contributed by atoms with Crippen LogP contribution in [0.1, 0.15) is 5.56 Å². The minimum Gasteiger partial charge on any atom is -0.457 e. The van der Waals surface area contributed by atoms with E-state index in [1.54, 1.807) is 36.4 Å². The molecule has 2 heterocycles. The van der Waals surface area contributed by atoms with Crippen molar-refractivity contribution >= 4 is 60.2 Å². The minimum atomic E-state index is -4.07. The Morgan fingerprint density at radius 3 is 2.36 bits per heavy atom. The highest BCUT2D eigenvalue weighted by molar-refractivity contribution is 9.10. The Morgan fingerprint density at radius 2 is 1.69 bits per heavy atom. The molecule has 2 aromatic carbocycles. The lowest BCUT2D eigenvalue weighted by atomic mass is 10.2. The Labute approximate surface area is 224 Å². The Morgan fingerprint density at radius 1 is 1.03 bits per heavy atom. The summed E-state index contributed by atoms with van der Waals surface area (Å²) < 4.78 is 36.7. The van der Waals surface area contributed by atoms with Gasteiger partial charge >= 0.3 is 5.69 Å². The third-order valence-electron chi connectivity index (χ3n) is 5.46. The summed E-state index contributed by atoms with van der Waals surface area (Å²) >= 11 is 15.5.